The molecule has 0 amide bonds. The van der Waals surface area contributed by atoms with Gasteiger partial charge in [-0.1, -0.05) is 38.1 Å². The molecule has 0 spiro atoms. The topological polar surface area (TPSA) is 40.5 Å². The largest absolute Gasteiger partial charge is 0.481 e. The monoisotopic (exact) mass is 275 g/mol. The highest BCUT2D eigenvalue weighted by molar-refractivity contribution is 5.67. The molecule has 1 aromatic rings. The van der Waals surface area contributed by atoms with E-state index in [1.54, 1.807) is 0 Å². The van der Waals surface area contributed by atoms with Crippen molar-refractivity contribution in [3.63, 3.8) is 0 Å². The number of likely N-dealkylation sites (tertiary alicyclic amines) is 1. The Hall–Kier alpha value is -1.35. The molecular weight excluding hydrogens is 250 g/mol. The van der Waals surface area contributed by atoms with E-state index in [4.69, 9.17) is 5.11 Å². The van der Waals surface area contributed by atoms with E-state index < -0.39 is 5.97 Å². The molecule has 1 saturated heterocycles. The standard InChI is InChI=1S/C17H25NO2/c1-3-13-7-9-14(10-8-13)16(4-2)18-11-5-6-15(18)12-17(19)20/h7-10,15-16H,3-6,11-12H2,1-2H3,(H,19,20). The fraction of sp³-hybridized carbons (Fsp3) is 0.588. The van der Waals surface area contributed by atoms with Crippen LogP contribution in [0.15, 0.2) is 24.3 Å². The molecule has 3 nitrogen and oxygen atoms in total. The number of aliphatic carboxylic acids is 1. The predicted molar refractivity (Wildman–Crippen MR) is 80.8 cm³/mol. The Labute approximate surface area is 121 Å². The maximum atomic E-state index is 11.0. The summed E-state index contributed by atoms with van der Waals surface area (Å²) in [6.45, 7) is 5.37. The van der Waals surface area contributed by atoms with Crippen molar-refractivity contribution in [1.29, 1.82) is 0 Å². The van der Waals surface area contributed by atoms with Crippen molar-refractivity contribution in [3.8, 4) is 0 Å². The van der Waals surface area contributed by atoms with Gasteiger partial charge in [-0.25, -0.2) is 0 Å². The molecule has 1 N–H and O–H groups in total. The summed E-state index contributed by atoms with van der Waals surface area (Å²) in [4.78, 5) is 13.4. The van der Waals surface area contributed by atoms with Crippen molar-refractivity contribution in [2.24, 2.45) is 0 Å². The third-order valence-electron chi connectivity index (χ3n) is 4.39. The minimum atomic E-state index is -0.682. The van der Waals surface area contributed by atoms with Crippen LogP contribution in [0, 0.1) is 0 Å². The number of carbonyl (C=O) groups is 1. The van der Waals surface area contributed by atoms with Gasteiger partial charge < -0.3 is 5.11 Å². The second-order valence-corrected chi connectivity index (χ2v) is 5.65. The van der Waals surface area contributed by atoms with Gasteiger partial charge in [0.25, 0.3) is 0 Å². The molecule has 2 atom stereocenters. The van der Waals surface area contributed by atoms with Crippen molar-refractivity contribution < 1.29 is 9.90 Å². The van der Waals surface area contributed by atoms with Crippen LogP contribution in [0.25, 0.3) is 0 Å². The molecule has 2 unspecified atom stereocenters. The van der Waals surface area contributed by atoms with E-state index in [0.717, 1.165) is 32.2 Å². The predicted octanol–water partition coefficient (Wildman–Crippen LogP) is 3.64. The Kier molecular flexibility index (Phi) is 5.18. The molecule has 0 aromatic heterocycles. The highest BCUT2D eigenvalue weighted by atomic mass is 16.4. The number of nitrogens with zero attached hydrogens (tertiary/aromatic N) is 1. The number of rotatable bonds is 6. The first kappa shape index (κ1) is 15.0. The Morgan fingerprint density at radius 2 is 2.05 bits per heavy atom. The van der Waals surface area contributed by atoms with Gasteiger partial charge in [-0.05, 0) is 43.4 Å². The summed E-state index contributed by atoms with van der Waals surface area (Å²) in [6, 6.07) is 9.36. The first-order chi connectivity index (χ1) is 9.65. The second kappa shape index (κ2) is 6.89. The van der Waals surface area contributed by atoms with Crippen LogP contribution in [0.1, 0.15) is 56.7 Å². The normalized spacial score (nSPS) is 21.0. The Bertz CT molecular complexity index is 441. The van der Waals surface area contributed by atoms with Crippen LogP contribution in [-0.2, 0) is 11.2 Å². The van der Waals surface area contributed by atoms with Crippen LogP contribution >= 0.6 is 0 Å². The molecule has 0 bridgehead atoms. The van der Waals surface area contributed by atoms with Gasteiger partial charge in [0.1, 0.15) is 0 Å². The molecule has 1 aliphatic rings. The first-order valence-corrected chi connectivity index (χ1v) is 7.72. The van der Waals surface area contributed by atoms with Crippen LogP contribution in [0.2, 0.25) is 0 Å². The van der Waals surface area contributed by atoms with E-state index in [-0.39, 0.29) is 12.5 Å². The zero-order valence-electron chi connectivity index (χ0n) is 12.5. The van der Waals surface area contributed by atoms with Crippen LogP contribution in [-0.4, -0.2) is 28.6 Å². The van der Waals surface area contributed by atoms with Crippen LogP contribution < -0.4 is 0 Å². The summed E-state index contributed by atoms with van der Waals surface area (Å²) in [7, 11) is 0. The molecule has 2 rings (SSSR count). The average molecular weight is 275 g/mol. The van der Waals surface area contributed by atoms with Gasteiger partial charge in [-0.2, -0.15) is 0 Å². The lowest BCUT2D eigenvalue weighted by atomic mass is 9.99. The van der Waals surface area contributed by atoms with E-state index in [9.17, 15) is 4.79 Å². The smallest absolute Gasteiger partial charge is 0.304 e. The molecule has 1 fully saturated rings. The van der Waals surface area contributed by atoms with Crippen molar-refractivity contribution in [1.82, 2.24) is 4.90 Å². The van der Waals surface area contributed by atoms with E-state index in [0.29, 0.717) is 6.04 Å². The summed E-state index contributed by atoms with van der Waals surface area (Å²) in [6.07, 6.45) is 4.48. The fourth-order valence-corrected chi connectivity index (χ4v) is 3.33. The summed E-state index contributed by atoms with van der Waals surface area (Å²) in [5.74, 6) is -0.682. The van der Waals surface area contributed by atoms with Crippen LogP contribution in [0.5, 0.6) is 0 Å². The molecule has 3 heteroatoms. The minimum absolute atomic E-state index is 0.198. The van der Waals surface area contributed by atoms with Crippen molar-refractivity contribution in [3.05, 3.63) is 35.4 Å². The molecular formula is C17H25NO2. The third kappa shape index (κ3) is 3.40. The lowest BCUT2D eigenvalue weighted by molar-refractivity contribution is -0.138. The number of hydrogen-bond acceptors (Lipinski definition) is 2. The lowest BCUT2D eigenvalue weighted by Crippen LogP contribution is -2.34. The number of benzene rings is 1. The molecule has 1 heterocycles. The molecule has 1 aliphatic heterocycles. The number of carboxylic acid groups (broad SMARTS) is 1. The third-order valence-corrected chi connectivity index (χ3v) is 4.39. The van der Waals surface area contributed by atoms with Gasteiger partial charge in [0.2, 0.25) is 0 Å². The lowest BCUT2D eigenvalue weighted by Gasteiger charge is -2.32. The molecule has 20 heavy (non-hydrogen) atoms. The summed E-state index contributed by atoms with van der Waals surface area (Å²) in [5, 5.41) is 9.06. The first-order valence-electron chi connectivity index (χ1n) is 7.72. The van der Waals surface area contributed by atoms with Crippen LogP contribution in [0.4, 0.5) is 0 Å². The maximum absolute atomic E-state index is 11.0. The highest BCUT2D eigenvalue weighted by Gasteiger charge is 2.31. The molecule has 0 aliphatic carbocycles. The number of aryl methyl sites for hydroxylation is 1. The Morgan fingerprint density at radius 1 is 1.35 bits per heavy atom. The molecule has 1 aromatic carbocycles. The number of hydrogen-bond donors (Lipinski definition) is 1. The Balaban J connectivity index is 2.15. The van der Waals surface area contributed by atoms with Crippen molar-refractivity contribution in [2.75, 3.05) is 6.54 Å². The zero-order chi connectivity index (χ0) is 14.5. The van der Waals surface area contributed by atoms with E-state index in [1.165, 1.54) is 11.1 Å². The number of carboxylic acids is 1. The average Bonchev–Trinajstić information content (AvgIpc) is 2.88. The zero-order valence-corrected chi connectivity index (χ0v) is 12.5. The van der Waals surface area contributed by atoms with Crippen LogP contribution in [0.3, 0.4) is 0 Å². The minimum Gasteiger partial charge on any atom is -0.481 e. The summed E-state index contributed by atoms with van der Waals surface area (Å²) >= 11 is 0. The molecule has 110 valence electrons. The quantitative estimate of drug-likeness (QED) is 0.861. The van der Waals surface area contributed by atoms with Gasteiger partial charge in [0, 0.05) is 12.1 Å². The fourth-order valence-electron chi connectivity index (χ4n) is 3.33. The van der Waals surface area contributed by atoms with E-state index in [2.05, 4.69) is 43.0 Å². The van der Waals surface area contributed by atoms with Gasteiger partial charge in [-0.15, -0.1) is 0 Å². The maximum Gasteiger partial charge on any atom is 0.304 e. The van der Waals surface area contributed by atoms with Gasteiger partial charge in [-0.3, -0.25) is 9.69 Å². The van der Waals surface area contributed by atoms with Crippen molar-refractivity contribution >= 4 is 5.97 Å². The molecule has 0 radical (unpaired) electrons. The summed E-state index contributed by atoms with van der Waals surface area (Å²) < 4.78 is 0. The SMILES string of the molecule is CCc1ccc(C(CC)N2CCCC2CC(=O)O)cc1. The Morgan fingerprint density at radius 3 is 2.60 bits per heavy atom. The van der Waals surface area contributed by atoms with Gasteiger partial charge >= 0.3 is 5.97 Å². The van der Waals surface area contributed by atoms with Crippen molar-refractivity contribution in [2.45, 2.75) is 58.0 Å². The van der Waals surface area contributed by atoms with E-state index >= 15 is 0 Å². The van der Waals surface area contributed by atoms with E-state index in [1.807, 2.05) is 0 Å². The van der Waals surface area contributed by atoms with Gasteiger partial charge in [0.05, 0.1) is 6.42 Å². The highest BCUT2D eigenvalue weighted by Crippen LogP contribution is 2.33. The molecule has 0 saturated carbocycles. The van der Waals surface area contributed by atoms with Gasteiger partial charge in [0.15, 0.2) is 0 Å². The summed E-state index contributed by atoms with van der Waals surface area (Å²) in [5.41, 5.74) is 2.68. The second-order valence-electron chi connectivity index (χ2n) is 5.65.